The van der Waals surface area contributed by atoms with Crippen LogP contribution in [0.5, 0.6) is 0 Å². The van der Waals surface area contributed by atoms with Gasteiger partial charge in [-0.1, -0.05) is 24.6 Å². The normalized spacial score (nSPS) is 15.2. The molecule has 0 aromatic heterocycles. The van der Waals surface area contributed by atoms with E-state index in [1.165, 1.54) is 24.1 Å². The molecule has 1 aliphatic rings. The van der Waals surface area contributed by atoms with Crippen LogP contribution < -0.4 is 15.5 Å². The molecule has 0 aliphatic carbocycles. The molecule has 1 heterocycles. The fraction of sp³-hybridized carbons (Fsp3) is 0.350. The number of rotatable bonds is 3. The van der Waals surface area contributed by atoms with E-state index in [1.54, 1.807) is 0 Å². The maximum atomic E-state index is 5.39. The van der Waals surface area contributed by atoms with Gasteiger partial charge in [0, 0.05) is 30.2 Å². The molecule has 0 radical (unpaired) electrons. The third-order valence-electron chi connectivity index (χ3n) is 4.58. The summed E-state index contributed by atoms with van der Waals surface area (Å²) in [5.41, 5.74) is 4.54. The molecule has 4 heteroatoms. The molecule has 0 bridgehead atoms. The lowest BCUT2D eigenvalue weighted by atomic mass is 9.99. The molecule has 24 heavy (non-hydrogen) atoms. The average molecular weight is 340 g/mol. The van der Waals surface area contributed by atoms with Gasteiger partial charge in [-0.3, -0.25) is 0 Å². The van der Waals surface area contributed by atoms with Crippen molar-refractivity contribution in [2.24, 2.45) is 5.92 Å². The van der Waals surface area contributed by atoms with Gasteiger partial charge in [0.05, 0.1) is 0 Å². The number of piperidine rings is 1. The lowest BCUT2D eigenvalue weighted by Crippen LogP contribution is -2.32. The minimum Gasteiger partial charge on any atom is -0.372 e. The van der Waals surface area contributed by atoms with E-state index in [2.05, 4.69) is 65.8 Å². The monoisotopic (exact) mass is 339 g/mol. The lowest BCUT2D eigenvalue weighted by molar-refractivity contribution is 0.438. The number of aryl methyl sites for hydroxylation is 1. The number of hydrogen-bond donors (Lipinski definition) is 2. The van der Waals surface area contributed by atoms with Crippen molar-refractivity contribution in [2.75, 3.05) is 28.6 Å². The van der Waals surface area contributed by atoms with Crippen LogP contribution in [0.2, 0.25) is 0 Å². The van der Waals surface area contributed by atoms with Gasteiger partial charge < -0.3 is 15.5 Å². The molecular weight excluding hydrogens is 314 g/mol. The molecule has 0 saturated carbocycles. The zero-order chi connectivity index (χ0) is 16.9. The van der Waals surface area contributed by atoms with E-state index in [1.807, 2.05) is 12.1 Å². The molecule has 2 aromatic carbocycles. The van der Waals surface area contributed by atoms with E-state index in [9.17, 15) is 0 Å². The first kappa shape index (κ1) is 16.8. The second kappa shape index (κ2) is 7.67. The Bertz CT molecular complexity index is 671. The van der Waals surface area contributed by atoms with Crippen LogP contribution in [0.25, 0.3) is 0 Å². The Hall–Kier alpha value is -2.07. The van der Waals surface area contributed by atoms with Crippen LogP contribution >= 0.6 is 12.2 Å². The van der Waals surface area contributed by atoms with Crippen LogP contribution in [0, 0.1) is 12.8 Å². The van der Waals surface area contributed by atoms with Crippen molar-refractivity contribution in [2.45, 2.75) is 26.7 Å². The van der Waals surface area contributed by atoms with Crippen molar-refractivity contribution in [3.05, 3.63) is 54.1 Å². The van der Waals surface area contributed by atoms with Crippen LogP contribution in [-0.2, 0) is 0 Å². The topological polar surface area (TPSA) is 27.3 Å². The van der Waals surface area contributed by atoms with E-state index < -0.39 is 0 Å². The predicted molar refractivity (Wildman–Crippen MR) is 108 cm³/mol. The number of hydrogen-bond acceptors (Lipinski definition) is 2. The zero-order valence-electron chi connectivity index (χ0n) is 14.4. The van der Waals surface area contributed by atoms with Crippen molar-refractivity contribution in [3.63, 3.8) is 0 Å². The first-order valence-electron chi connectivity index (χ1n) is 8.60. The smallest absolute Gasteiger partial charge is 0.175 e. The Labute approximate surface area is 150 Å². The Kier molecular flexibility index (Phi) is 5.36. The molecule has 3 nitrogen and oxygen atoms in total. The minimum atomic E-state index is 0.610. The molecule has 0 atom stereocenters. The summed E-state index contributed by atoms with van der Waals surface area (Å²) in [4.78, 5) is 2.46. The van der Waals surface area contributed by atoms with Gasteiger partial charge in [-0.15, -0.1) is 0 Å². The van der Waals surface area contributed by atoms with Gasteiger partial charge in [-0.2, -0.15) is 0 Å². The van der Waals surface area contributed by atoms with Crippen LogP contribution in [-0.4, -0.2) is 18.2 Å². The van der Waals surface area contributed by atoms with Crippen molar-refractivity contribution in [1.29, 1.82) is 0 Å². The summed E-state index contributed by atoms with van der Waals surface area (Å²) >= 11 is 5.39. The summed E-state index contributed by atoms with van der Waals surface area (Å²) in [6.07, 6.45) is 2.56. The fourth-order valence-electron chi connectivity index (χ4n) is 2.95. The number of thiocarbonyl (C=S) groups is 1. The summed E-state index contributed by atoms with van der Waals surface area (Å²) < 4.78 is 0. The fourth-order valence-corrected chi connectivity index (χ4v) is 3.19. The highest BCUT2D eigenvalue weighted by atomic mass is 32.1. The van der Waals surface area contributed by atoms with E-state index in [-0.39, 0.29) is 0 Å². The highest BCUT2D eigenvalue weighted by Gasteiger charge is 2.15. The zero-order valence-corrected chi connectivity index (χ0v) is 15.2. The van der Waals surface area contributed by atoms with Crippen molar-refractivity contribution in [1.82, 2.24) is 0 Å². The summed E-state index contributed by atoms with van der Waals surface area (Å²) in [7, 11) is 0. The van der Waals surface area contributed by atoms with Crippen LogP contribution in [0.1, 0.15) is 25.3 Å². The SMILES string of the molecule is Cc1ccc(NC(=S)Nc2ccc(N3CCC(C)CC3)cc2)cc1. The highest BCUT2D eigenvalue weighted by molar-refractivity contribution is 7.80. The van der Waals surface area contributed by atoms with Gasteiger partial charge in [-0.25, -0.2) is 0 Å². The maximum absolute atomic E-state index is 5.39. The van der Waals surface area contributed by atoms with Gasteiger partial charge in [-0.05, 0) is 74.3 Å². The van der Waals surface area contributed by atoms with E-state index in [0.29, 0.717) is 5.11 Å². The Morgan fingerprint density at radius 3 is 1.96 bits per heavy atom. The van der Waals surface area contributed by atoms with Gasteiger partial charge in [0.2, 0.25) is 0 Å². The number of nitrogens with one attached hydrogen (secondary N) is 2. The van der Waals surface area contributed by atoms with Crippen LogP contribution in [0.3, 0.4) is 0 Å². The average Bonchev–Trinajstić information content (AvgIpc) is 2.58. The summed E-state index contributed by atoms with van der Waals surface area (Å²) in [5.74, 6) is 0.854. The highest BCUT2D eigenvalue weighted by Crippen LogP contribution is 2.24. The minimum absolute atomic E-state index is 0.610. The molecule has 3 rings (SSSR count). The van der Waals surface area contributed by atoms with E-state index >= 15 is 0 Å². The summed E-state index contributed by atoms with van der Waals surface area (Å²) in [6.45, 7) is 6.72. The number of benzene rings is 2. The molecule has 0 amide bonds. The molecule has 1 aliphatic heterocycles. The predicted octanol–water partition coefficient (Wildman–Crippen LogP) is 5.04. The molecule has 126 valence electrons. The quantitative estimate of drug-likeness (QED) is 0.766. The Balaban J connectivity index is 1.55. The number of nitrogens with zero attached hydrogens (tertiary/aromatic N) is 1. The molecule has 2 aromatic rings. The second-order valence-electron chi connectivity index (χ2n) is 6.66. The van der Waals surface area contributed by atoms with Gasteiger partial charge in [0.25, 0.3) is 0 Å². The van der Waals surface area contributed by atoms with Crippen molar-refractivity contribution in [3.8, 4) is 0 Å². The van der Waals surface area contributed by atoms with Crippen molar-refractivity contribution < 1.29 is 0 Å². The van der Waals surface area contributed by atoms with Gasteiger partial charge in [0.15, 0.2) is 5.11 Å². The van der Waals surface area contributed by atoms with Gasteiger partial charge >= 0.3 is 0 Å². The van der Waals surface area contributed by atoms with Crippen molar-refractivity contribution >= 4 is 34.4 Å². The Morgan fingerprint density at radius 2 is 1.42 bits per heavy atom. The lowest BCUT2D eigenvalue weighted by Gasteiger charge is -2.32. The van der Waals surface area contributed by atoms with Crippen LogP contribution in [0.4, 0.5) is 17.1 Å². The van der Waals surface area contributed by atoms with E-state index in [4.69, 9.17) is 12.2 Å². The number of anilines is 3. The first-order chi connectivity index (χ1) is 11.6. The van der Waals surface area contributed by atoms with E-state index in [0.717, 1.165) is 30.4 Å². The third kappa shape index (κ3) is 4.48. The molecule has 1 fully saturated rings. The summed E-state index contributed by atoms with van der Waals surface area (Å²) in [5, 5.41) is 7.06. The Morgan fingerprint density at radius 1 is 0.917 bits per heavy atom. The maximum Gasteiger partial charge on any atom is 0.175 e. The molecule has 2 N–H and O–H groups in total. The largest absolute Gasteiger partial charge is 0.372 e. The first-order valence-corrected chi connectivity index (χ1v) is 9.01. The standard InChI is InChI=1S/C20H25N3S/c1-15-3-5-17(6-4-15)21-20(24)22-18-7-9-19(10-8-18)23-13-11-16(2)12-14-23/h3-10,16H,11-14H2,1-2H3,(H2,21,22,24). The molecule has 1 saturated heterocycles. The molecule has 0 unspecified atom stereocenters. The third-order valence-corrected chi connectivity index (χ3v) is 4.79. The second-order valence-corrected chi connectivity index (χ2v) is 7.07. The molecular formula is C20H25N3S. The van der Waals surface area contributed by atoms with Gasteiger partial charge in [0.1, 0.15) is 0 Å². The molecule has 0 spiro atoms. The van der Waals surface area contributed by atoms with Crippen LogP contribution in [0.15, 0.2) is 48.5 Å². The summed E-state index contributed by atoms with van der Waals surface area (Å²) in [6, 6.07) is 16.7.